The predicted molar refractivity (Wildman–Crippen MR) is 104 cm³/mol. The Morgan fingerprint density at radius 3 is 2.79 bits per heavy atom. The average molecular weight is 397 g/mol. The standard InChI is InChI=1S/C21H17ClN2O4/c22-16-9-8-15(11-17(16)24-10-4-7-20(24)25)21(26)27-13-19-23-12-18(28-19)14-5-2-1-3-6-14/h1-3,5-6,8-9,11-12H,4,7,10,13H2. The van der Waals surface area contributed by atoms with Crippen LogP contribution in [0.1, 0.15) is 29.1 Å². The van der Waals surface area contributed by atoms with Crippen LogP contribution in [-0.2, 0) is 16.1 Å². The Hall–Kier alpha value is -3.12. The molecule has 0 radical (unpaired) electrons. The van der Waals surface area contributed by atoms with Crippen LogP contribution >= 0.6 is 11.6 Å². The Morgan fingerprint density at radius 1 is 1.21 bits per heavy atom. The van der Waals surface area contributed by atoms with Gasteiger partial charge in [-0.15, -0.1) is 0 Å². The number of anilines is 1. The molecule has 1 amide bonds. The molecule has 1 aromatic heterocycles. The molecule has 3 aromatic rings. The minimum Gasteiger partial charge on any atom is -0.452 e. The van der Waals surface area contributed by atoms with Crippen LogP contribution in [0, 0.1) is 0 Å². The number of hydrogen-bond acceptors (Lipinski definition) is 5. The van der Waals surface area contributed by atoms with E-state index in [1.807, 2.05) is 30.3 Å². The van der Waals surface area contributed by atoms with E-state index in [-0.39, 0.29) is 12.5 Å². The molecule has 0 aliphatic carbocycles. The number of hydrogen-bond donors (Lipinski definition) is 0. The van der Waals surface area contributed by atoms with Crippen LogP contribution in [0.4, 0.5) is 5.69 Å². The average Bonchev–Trinajstić information content (AvgIpc) is 3.36. The number of rotatable bonds is 5. The number of oxazole rings is 1. The first kappa shape index (κ1) is 18.3. The van der Waals surface area contributed by atoms with E-state index in [1.165, 1.54) is 0 Å². The molecule has 0 unspecified atom stereocenters. The molecule has 142 valence electrons. The van der Waals surface area contributed by atoms with E-state index in [2.05, 4.69) is 4.98 Å². The van der Waals surface area contributed by atoms with Gasteiger partial charge in [0.25, 0.3) is 0 Å². The van der Waals surface area contributed by atoms with Gasteiger partial charge in [0.15, 0.2) is 12.4 Å². The normalized spacial score (nSPS) is 13.8. The minimum absolute atomic E-state index is 0.000597. The van der Waals surface area contributed by atoms with Crippen molar-refractivity contribution in [1.82, 2.24) is 4.98 Å². The van der Waals surface area contributed by atoms with Crippen LogP contribution in [-0.4, -0.2) is 23.4 Å². The molecule has 1 aliphatic heterocycles. The minimum atomic E-state index is -0.538. The summed E-state index contributed by atoms with van der Waals surface area (Å²) in [7, 11) is 0. The summed E-state index contributed by atoms with van der Waals surface area (Å²) in [6, 6.07) is 14.3. The Morgan fingerprint density at radius 2 is 2.04 bits per heavy atom. The smallest absolute Gasteiger partial charge is 0.338 e. The van der Waals surface area contributed by atoms with Gasteiger partial charge in [-0.25, -0.2) is 9.78 Å². The fourth-order valence-electron chi connectivity index (χ4n) is 3.07. The van der Waals surface area contributed by atoms with E-state index in [0.717, 1.165) is 12.0 Å². The van der Waals surface area contributed by atoms with Crippen molar-refractivity contribution < 1.29 is 18.7 Å². The third kappa shape index (κ3) is 3.77. The Bertz CT molecular complexity index is 1020. The number of aromatic nitrogens is 1. The highest BCUT2D eigenvalue weighted by Gasteiger charge is 2.24. The van der Waals surface area contributed by atoms with Gasteiger partial charge in [0.1, 0.15) is 0 Å². The molecule has 0 bridgehead atoms. The molecule has 0 atom stereocenters. The zero-order chi connectivity index (χ0) is 19.5. The quantitative estimate of drug-likeness (QED) is 0.594. The maximum atomic E-state index is 12.4. The van der Waals surface area contributed by atoms with E-state index < -0.39 is 5.97 Å². The van der Waals surface area contributed by atoms with Gasteiger partial charge in [-0.1, -0.05) is 41.9 Å². The summed E-state index contributed by atoms with van der Waals surface area (Å²) in [5.74, 6) is 0.369. The number of halogens is 1. The van der Waals surface area contributed by atoms with Crippen LogP contribution in [0.5, 0.6) is 0 Å². The number of benzene rings is 2. The zero-order valence-electron chi connectivity index (χ0n) is 14.9. The Kier molecular flexibility index (Phi) is 5.12. The van der Waals surface area contributed by atoms with Gasteiger partial charge < -0.3 is 14.1 Å². The number of amides is 1. The Balaban J connectivity index is 1.44. The highest BCUT2D eigenvalue weighted by Crippen LogP contribution is 2.30. The van der Waals surface area contributed by atoms with Crippen molar-refractivity contribution in [3.8, 4) is 11.3 Å². The molecule has 6 nitrogen and oxygen atoms in total. The topological polar surface area (TPSA) is 72.6 Å². The number of ether oxygens (including phenoxy) is 1. The van der Waals surface area contributed by atoms with Gasteiger partial charge in [-0.05, 0) is 24.6 Å². The lowest BCUT2D eigenvalue weighted by atomic mass is 10.2. The highest BCUT2D eigenvalue weighted by molar-refractivity contribution is 6.34. The maximum absolute atomic E-state index is 12.4. The number of nitrogens with zero attached hydrogens (tertiary/aromatic N) is 2. The van der Waals surface area contributed by atoms with Gasteiger partial charge in [-0.3, -0.25) is 4.79 Å². The summed E-state index contributed by atoms with van der Waals surface area (Å²) in [5, 5.41) is 0.423. The second kappa shape index (κ2) is 7.86. The summed E-state index contributed by atoms with van der Waals surface area (Å²) >= 11 is 6.21. The monoisotopic (exact) mass is 396 g/mol. The van der Waals surface area contributed by atoms with E-state index in [4.69, 9.17) is 20.8 Å². The van der Waals surface area contributed by atoms with Crippen molar-refractivity contribution in [2.24, 2.45) is 0 Å². The molecule has 2 aromatic carbocycles. The summed E-state index contributed by atoms with van der Waals surface area (Å²) in [6.45, 7) is 0.502. The molecule has 28 heavy (non-hydrogen) atoms. The van der Waals surface area contributed by atoms with E-state index >= 15 is 0 Å². The van der Waals surface area contributed by atoms with Crippen molar-refractivity contribution in [2.75, 3.05) is 11.4 Å². The van der Waals surface area contributed by atoms with E-state index in [0.29, 0.717) is 40.9 Å². The summed E-state index contributed by atoms with van der Waals surface area (Å²) in [5.41, 5.74) is 1.74. The summed E-state index contributed by atoms with van der Waals surface area (Å²) < 4.78 is 10.9. The van der Waals surface area contributed by atoms with Crippen LogP contribution in [0.3, 0.4) is 0 Å². The second-order valence-electron chi connectivity index (χ2n) is 6.38. The lowest BCUT2D eigenvalue weighted by Gasteiger charge is -2.18. The molecule has 7 heteroatoms. The predicted octanol–water partition coefficient (Wildman–Crippen LogP) is 4.48. The molecule has 1 aliphatic rings. The van der Waals surface area contributed by atoms with Crippen molar-refractivity contribution in [3.05, 3.63) is 71.2 Å². The first-order chi connectivity index (χ1) is 13.6. The zero-order valence-corrected chi connectivity index (χ0v) is 15.7. The van der Waals surface area contributed by atoms with Crippen LogP contribution < -0.4 is 4.90 Å². The molecule has 4 rings (SSSR count). The van der Waals surface area contributed by atoms with Crippen molar-refractivity contribution in [1.29, 1.82) is 0 Å². The van der Waals surface area contributed by atoms with Crippen molar-refractivity contribution >= 4 is 29.2 Å². The number of esters is 1. The van der Waals surface area contributed by atoms with Gasteiger partial charge in [-0.2, -0.15) is 0 Å². The van der Waals surface area contributed by atoms with Crippen molar-refractivity contribution in [3.63, 3.8) is 0 Å². The third-order valence-electron chi connectivity index (χ3n) is 4.48. The number of carbonyl (C=O) groups is 2. The van der Waals surface area contributed by atoms with Gasteiger partial charge >= 0.3 is 5.97 Å². The van der Waals surface area contributed by atoms with Crippen molar-refractivity contribution in [2.45, 2.75) is 19.4 Å². The van der Waals surface area contributed by atoms with Gasteiger partial charge in [0.05, 0.1) is 22.5 Å². The van der Waals surface area contributed by atoms with Gasteiger partial charge in [0.2, 0.25) is 11.8 Å². The fraction of sp³-hybridized carbons (Fsp3) is 0.190. The molecule has 0 spiro atoms. The summed E-state index contributed by atoms with van der Waals surface area (Å²) in [6.07, 6.45) is 2.86. The molecule has 0 N–H and O–H groups in total. The fourth-order valence-corrected chi connectivity index (χ4v) is 3.29. The van der Waals surface area contributed by atoms with E-state index in [9.17, 15) is 9.59 Å². The maximum Gasteiger partial charge on any atom is 0.338 e. The molecule has 0 saturated carbocycles. The largest absolute Gasteiger partial charge is 0.452 e. The Labute approximate surface area is 166 Å². The molecule has 1 saturated heterocycles. The van der Waals surface area contributed by atoms with Crippen LogP contribution in [0.15, 0.2) is 59.1 Å². The number of carbonyl (C=O) groups excluding carboxylic acids is 2. The van der Waals surface area contributed by atoms with Gasteiger partial charge in [0, 0.05) is 18.5 Å². The van der Waals surface area contributed by atoms with Crippen LogP contribution in [0.25, 0.3) is 11.3 Å². The molecule has 2 heterocycles. The molecular formula is C21H17ClN2O4. The first-order valence-corrected chi connectivity index (χ1v) is 9.27. The SMILES string of the molecule is O=C(OCc1ncc(-c2ccccc2)o1)c1ccc(Cl)c(N2CCCC2=O)c1. The lowest BCUT2D eigenvalue weighted by Crippen LogP contribution is -2.24. The molecular weight excluding hydrogens is 380 g/mol. The summed E-state index contributed by atoms with van der Waals surface area (Å²) in [4.78, 5) is 30.1. The van der Waals surface area contributed by atoms with Crippen LogP contribution in [0.2, 0.25) is 5.02 Å². The first-order valence-electron chi connectivity index (χ1n) is 8.89. The van der Waals surface area contributed by atoms with E-state index in [1.54, 1.807) is 29.3 Å². The highest BCUT2D eigenvalue weighted by atomic mass is 35.5. The second-order valence-corrected chi connectivity index (χ2v) is 6.78. The lowest BCUT2D eigenvalue weighted by molar-refractivity contribution is -0.117. The molecule has 1 fully saturated rings. The third-order valence-corrected chi connectivity index (χ3v) is 4.80.